The van der Waals surface area contributed by atoms with Crippen molar-refractivity contribution in [3.63, 3.8) is 0 Å². The molecule has 0 N–H and O–H groups in total. The Morgan fingerprint density at radius 2 is 2.00 bits per heavy atom. The molecule has 1 aliphatic rings. The predicted molar refractivity (Wildman–Crippen MR) is 64.5 cm³/mol. The van der Waals surface area contributed by atoms with Crippen molar-refractivity contribution in [1.29, 1.82) is 0 Å². The highest BCUT2D eigenvalue weighted by Gasteiger charge is 2.28. The molecule has 1 saturated heterocycles. The molecule has 2 rings (SSSR count). The van der Waals surface area contributed by atoms with E-state index in [0.717, 1.165) is 30.7 Å². The molecule has 17 heavy (non-hydrogen) atoms. The lowest BCUT2D eigenvalue weighted by Crippen LogP contribution is -2.56. The summed E-state index contributed by atoms with van der Waals surface area (Å²) in [5.41, 5.74) is 0.504. The number of piperazine rings is 1. The predicted octanol–water partition coefficient (Wildman–Crippen LogP) is 0.317. The zero-order valence-corrected chi connectivity index (χ0v) is 10.7. The second kappa shape index (κ2) is 4.41. The molecule has 5 nitrogen and oxygen atoms in total. The second-order valence-corrected chi connectivity index (χ2v) is 5.16. The van der Waals surface area contributed by atoms with Gasteiger partial charge in [0, 0.05) is 6.20 Å². The van der Waals surface area contributed by atoms with E-state index in [4.69, 9.17) is 0 Å². The van der Waals surface area contributed by atoms with Gasteiger partial charge in [0.05, 0.1) is 40.3 Å². The van der Waals surface area contributed by atoms with Gasteiger partial charge in [-0.2, -0.15) is 0 Å². The van der Waals surface area contributed by atoms with E-state index < -0.39 is 0 Å². The van der Waals surface area contributed by atoms with Crippen molar-refractivity contribution in [2.75, 3.05) is 40.3 Å². The monoisotopic (exact) mass is 235 g/mol. The first-order valence-corrected chi connectivity index (χ1v) is 5.89. The third kappa shape index (κ3) is 2.79. The van der Waals surface area contributed by atoms with E-state index in [0.29, 0.717) is 11.5 Å². The number of carbonyl (C=O) groups is 1. The van der Waals surface area contributed by atoms with Crippen molar-refractivity contribution in [3.8, 4) is 0 Å². The number of carbonyl (C=O) groups excluding carboxylic acids is 1. The van der Waals surface area contributed by atoms with Crippen LogP contribution in [0.2, 0.25) is 0 Å². The molecule has 1 amide bonds. The van der Waals surface area contributed by atoms with Gasteiger partial charge in [0.15, 0.2) is 0 Å². The van der Waals surface area contributed by atoms with Crippen LogP contribution >= 0.6 is 0 Å². The SMILES string of the molecule is Cc1nccc(C(=O)N2CC[N+](C)(C)CC2)n1. The Labute approximate surface area is 102 Å². The molecule has 1 aliphatic heterocycles. The molecule has 0 saturated carbocycles. The van der Waals surface area contributed by atoms with E-state index in [-0.39, 0.29) is 5.91 Å². The van der Waals surface area contributed by atoms with Gasteiger partial charge in [-0.3, -0.25) is 4.79 Å². The molecule has 1 fully saturated rings. The van der Waals surface area contributed by atoms with E-state index >= 15 is 0 Å². The summed E-state index contributed by atoms with van der Waals surface area (Å²) in [7, 11) is 4.38. The Balaban J connectivity index is 2.07. The van der Waals surface area contributed by atoms with E-state index in [1.807, 2.05) is 4.90 Å². The Morgan fingerprint density at radius 3 is 2.59 bits per heavy atom. The number of nitrogens with zero attached hydrogens (tertiary/aromatic N) is 4. The van der Waals surface area contributed by atoms with Crippen LogP contribution in [0.1, 0.15) is 16.3 Å². The van der Waals surface area contributed by atoms with Gasteiger partial charge in [0.2, 0.25) is 0 Å². The minimum Gasteiger partial charge on any atom is -0.326 e. The van der Waals surface area contributed by atoms with Crippen LogP contribution < -0.4 is 0 Å². The van der Waals surface area contributed by atoms with Crippen LogP contribution in [0.15, 0.2) is 12.3 Å². The molecule has 5 heteroatoms. The number of aromatic nitrogens is 2. The van der Waals surface area contributed by atoms with Gasteiger partial charge < -0.3 is 9.38 Å². The molecular weight excluding hydrogens is 216 g/mol. The van der Waals surface area contributed by atoms with Gasteiger partial charge in [-0.1, -0.05) is 0 Å². The molecule has 92 valence electrons. The maximum absolute atomic E-state index is 12.2. The lowest BCUT2D eigenvalue weighted by Gasteiger charge is -2.38. The molecule has 0 aliphatic carbocycles. The maximum Gasteiger partial charge on any atom is 0.272 e. The first-order chi connectivity index (χ1) is 7.98. The Morgan fingerprint density at radius 1 is 1.35 bits per heavy atom. The number of rotatable bonds is 1. The fraction of sp³-hybridized carbons (Fsp3) is 0.583. The largest absolute Gasteiger partial charge is 0.326 e. The summed E-state index contributed by atoms with van der Waals surface area (Å²) in [5, 5.41) is 0. The van der Waals surface area contributed by atoms with Gasteiger partial charge >= 0.3 is 0 Å². The number of amides is 1. The highest BCUT2D eigenvalue weighted by Crippen LogP contribution is 2.09. The molecular formula is C12H19N4O+. The minimum atomic E-state index is 0.0233. The first-order valence-electron chi connectivity index (χ1n) is 5.89. The normalized spacial score (nSPS) is 19.1. The van der Waals surface area contributed by atoms with Crippen LogP contribution in [0.5, 0.6) is 0 Å². The molecule has 1 aromatic heterocycles. The molecule has 0 spiro atoms. The van der Waals surface area contributed by atoms with Crippen molar-refractivity contribution in [3.05, 3.63) is 23.8 Å². The van der Waals surface area contributed by atoms with Crippen molar-refractivity contribution >= 4 is 5.91 Å². The summed E-state index contributed by atoms with van der Waals surface area (Å²) in [6.45, 7) is 5.39. The number of hydrogen-bond donors (Lipinski definition) is 0. The number of hydrogen-bond acceptors (Lipinski definition) is 3. The third-order valence-electron chi connectivity index (χ3n) is 3.23. The van der Waals surface area contributed by atoms with E-state index in [1.165, 1.54) is 0 Å². The van der Waals surface area contributed by atoms with Crippen molar-refractivity contribution in [1.82, 2.24) is 14.9 Å². The van der Waals surface area contributed by atoms with Crippen LogP contribution in [-0.4, -0.2) is 65.5 Å². The highest BCUT2D eigenvalue weighted by atomic mass is 16.2. The summed E-state index contributed by atoms with van der Waals surface area (Å²) in [4.78, 5) is 22.3. The average molecular weight is 235 g/mol. The van der Waals surface area contributed by atoms with Gasteiger partial charge in [-0.05, 0) is 13.0 Å². The quantitative estimate of drug-likeness (QED) is 0.658. The van der Waals surface area contributed by atoms with Gasteiger partial charge in [0.1, 0.15) is 11.5 Å². The standard InChI is InChI=1S/C12H19N4O/c1-10-13-5-4-11(14-10)12(17)15-6-8-16(2,3)9-7-15/h4-5H,6-9H2,1-3H3/q+1. The lowest BCUT2D eigenvalue weighted by molar-refractivity contribution is -0.894. The van der Waals surface area contributed by atoms with Crippen molar-refractivity contribution in [2.45, 2.75) is 6.92 Å². The molecule has 0 unspecified atom stereocenters. The van der Waals surface area contributed by atoms with Crippen LogP contribution in [0.3, 0.4) is 0 Å². The van der Waals surface area contributed by atoms with Crippen LogP contribution in [0.25, 0.3) is 0 Å². The van der Waals surface area contributed by atoms with E-state index in [1.54, 1.807) is 19.2 Å². The zero-order valence-electron chi connectivity index (χ0n) is 10.7. The Hall–Kier alpha value is -1.49. The summed E-state index contributed by atoms with van der Waals surface area (Å²) in [6, 6.07) is 1.68. The molecule has 0 aromatic carbocycles. The van der Waals surface area contributed by atoms with Gasteiger partial charge in [0.25, 0.3) is 5.91 Å². The molecule has 0 radical (unpaired) electrons. The summed E-state index contributed by atoms with van der Waals surface area (Å²) in [5.74, 6) is 0.666. The van der Waals surface area contributed by atoms with Gasteiger partial charge in [-0.15, -0.1) is 0 Å². The van der Waals surface area contributed by atoms with Crippen LogP contribution in [0, 0.1) is 6.92 Å². The van der Waals surface area contributed by atoms with Crippen LogP contribution in [-0.2, 0) is 0 Å². The number of quaternary nitrogens is 1. The van der Waals surface area contributed by atoms with Gasteiger partial charge in [-0.25, -0.2) is 9.97 Å². The summed E-state index contributed by atoms with van der Waals surface area (Å²) in [6.07, 6.45) is 1.64. The van der Waals surface area contributed by atoms with Crippen molar-refractivity contribution in [2.24, 2.45) is 0 Å². The van der Waals surface area contributed by atoms with E-state index in [2.05, 4.69) is 24.1 Å². The Bertz CT molecular complexity index is 420. The average Bonchev–Trinajstić information content (AvgIpc) is 2.28. The fourth-order valence-corrected chi connectivity index (χ4v) is 1.95. The highest BCUT2D eigenvalue weighted by molar-refractivity contribution is 5.92. The fourth-order valence-electron chi connectivity index (χ4n) is 1.95. The van der Waals surface area contributed by atoms with Crippen LogP contribution in [0.4, 0.5) is 0 Å². The first kappa shape index (κ1) is 12.0. The molecule has 0 bridgehead atoms. The van der Waals surface area contributed by atoms with E-state index in [9.17, 15) is 4.79 Å². The summed E-state index contributed by atoms with van der Waals surface area (Å²) < 4.78 is 0.979. The third-order valence-corrected chi connectivity index (χ3v) is 3.23. The summed E-state index contributed by atoms with van der Waals surface area (Å²) >= 11 is 0. The maximum atomic E-state index is 12.2. The number of aryl methyl sites for hydroxylation is 1. The Kier molecular flexibility index (Phi) is 3.11. The number of likely N-dealkylation sites (N-methyl/N-ethyl adjacent to an activating group) is 1. The topological polar surface area (TPSA) is 46.1 Å². The molecule has 0 atom stereocenters. The molecule has 1 aromatic rings. The lowest BCUT2D eigenvalue weighted by atomic mass is 10.2. The van der Waals surface area contributed by atoms with Crippen molar-refractivity contribution < 1.29 is 9.28 Å². The smallest absolute Gasteiger partial charge is 0.272 e. The minimum absolute atomic E-state index is 0.0233. The zero-order chi connectivity index (χ0) is 12.5. The molecule has 2 heterocycles. The second-order valence-electron chi connectivity index (χ2n) is 5.16.